The number of carbonyl (C=O) groups excluding carboxylic acids is 1. The van der Waals surface area contributed by atoms with Gasteiger partial charge in [0.05, 0.1) is 5.69 Å². The smallest absolute Gasteiger partial charge is 0.254 e. The summed E-state index contributed by atoms with van der Waals surface area (Å²) in [6, 6.07) is 16.4. The molecule has 2 heterocycles. The highest BCUT2D eigenvalue weighted by Gasteiger charge is 2.24. The molecule has 2 aromatic carbocycles. The number of rotatable bonds is 4. The van der Waals surface area contributed by atoms with Gasteiger partial charge in [-0.1, -0.05) is 30.3 Å². The highest BCUT2D eigenvalue weighted by Crippen LogP contribution is 2.22. The van der Waals surface area contributed by atoms with Crippen LogP contribution < -0.4 is 9.80 Å². The maximum atomic E-state index is 14.3. The van der Waals surface area contributed by atoms with Crippen molar-refractivity contribution in [1.82, 2.24) is 14.9 Å². The summed E-state index contributed by atoms with van der Waals surface area (Å²) in [6.07, 6.45) is 1.76. The molecule has 1 saturated heterocycles. The van der Waals surface area contributed by atoms with Crippen LogP contribution in [0, 0.1) is 5.82 Å². The Bertz CT molecular complexity index is 1030. The SMILES string of the molecule is CN(C)c1ccc(C(=O)N2CCN(c3ccnc(-c4ccccc4)n3)CC2)cc1F. The summed E-state index contributed by atoms with van der Waals surface area (Å²) in [5, 5.41) is 0. The van der Waals surface area contributed by atoms with Gasteiger partial charge >= 0.3 is 0 Å². The van der Waals surface area contributed by atoms with Crippen molar-refractivity contribution in [2.45, 2.75) is 0 Å². The highest BCUT2D eigenvalue weighted by atomic mass is 19.1. The van der Waals surface area contributed by atoms with Crippen molar-refractivity contribution >= 4 is 17.4 Å². The number of benzene rings is 2. The lowest BCUT2D eigenvalue weighted by Gasteiger charge is -2.35. The van der Waals surface area contributed by atoms with Crippen LogP contribution >= 0.6 is 0 Å². The predicted octanol–water partition coefficient (Wildman–Crippen LogP) is 3.31. The summed E-state index contributed by atoms with van der Waals surface area (Å²) in [5.74, 6) is 0.992. The monoisotopic (exact) mass is 405 g/mol. The number of anilines is 2. The molecule has 30 heavy (non-hydrogen) atoms. The second-order valence-electron chi connectivity index (χ2n) is 7.44. The third-order valence-electron chi connectivity index (χ3n) is 5.24. The zero-order valence-corrected chi connectivity index (χ0v) is 17.1. The molecule has 154 valence electrons. The van der Waals surface area contributed by atoms with Crippen molar-refractivity contribution in [1.29, 1.82) is 0 Å². The summed E-state index contributed by atoms with van der Waals surface area (Å²) in [5.41, 5.74) is 1.81. The highest BCUT2D eigenvalue weighted by molar-refractivity contribution is 5.94. The maximum Gasteiger partial charge on any atom is 0.254 e. The number of carbonyl (C=O) groups is 1. The van der Waals surface area contributed by atoms with Gasteiger partial charge in [0, 0.05) is 57.6 Å². The van der Waals surface area contributed by atoms with Gasteiger partial charge in [0.15, 0.2) is 5.82 Å². The molecule has 1 aliphatic rings. The molecule has 0 unspecified atom stereocenters. The van der Waals surface area contributed by atoms with E-state index in [0.29, 0.717) is 43.3 Å². The minimum atomic E-state index is -0.390. The van der Waals surface area contributed by atoms with Crippen LogP contribution in [0.1, 0.15) is 10.4 Å². The van der Waals surface area contributed by atoms with E-state index in [-0.39, 0.29) is 11.7 Å². The molecule has 0 aliphatic carbocycles. The van der Waals surface area contributed by atoms with E-state index in [1.54, 1.807) is 42.2 Å². The minimum absolute atomic E-state index is 0.147. The van der Waals surface area contributed by atoms with E-state index in [4.69, 9.17) is 0 Å². The molecular weight excluding hydrogens is 381 g/mol. The zero-order valence-electron chi connectivity index (χ0n) is 17.1. The van der Waals surface area contributed by atoms with Crippen LogP contribution in [0.2, 0.25) is 0 Å². The summed E-state index contributed by atoms with van der Waals surface area (Å²) < 4.78 is 14.3. The van der Waals surface area contributed by atoms with E-state index in [2.05, 4.69) is 14.9 Å². The summed E-state index contributed by atoms with van der Waals surface area (Å²) in [4.78, 5) is 27.5. The lowest BCUT2D eigenvalue weighted by atomic mass is 10.1. The fourth-order valence-electron chi connectivity index (χ4n) is 3.58. The van der Waals surface area contributed by atoms with Gasteiger partial charge in [-0.05, 0) is 24.3 Å². The number of piperazine rings is 1. The van der Waals surface area contributed by atoms with Crippen LogP contribution in [0.4, 0.5) is 15.9 Å². The van der Waals surface area contributed by atoms with Crippen molar-refractivity contribution in [3.8, 4) is 11.4 Å². The molecule has 1 amide bonds. The number of amides is 1. The molecule has 7 heteroatoms. The van der Waals surface area contributed by atoms with Gasteiger partial charge in [-0.25, -0.2) is 14.4 Å². The molecule has 0 radical (unpaired) electrons. The number of aromatic nitrogens is 2. The second kappa shape index (κ2) is 8.49. The Kier molecular flexibility index (Phi) is 5.61. The lowest BCUT2D eigenvalue weighted by Crippen LogP contribution is -2.49. The van der Waals surface area contributed by atoms with Gasteiger partial charge in [-0.3, -0.25) is 4.79 Å². The van der Waals surface area contributed by atoms with E-state index in [1.807, 2.05) is 36.4 Å². The average Bonchev–Trinajstić information content (AvgIpc) is 2.79. The first kappa shape index (κ1) is 19.8. The maximum absolute atomic E-state index is 14.3. The summed E-state index contributed by atoms with van der Waals surface area (Å²) in [7, 11) is 3.55. The van der Waals surface area contributed by atoms with Crippen molar-refractivity contribution in [2.75, 3.05) is 50.1 Å². The molecule has 1 aliphatic heterocycles. The van der Waals surface area contributed by atoms with Crippen molar-refractivity contribution in [2.24, 2.45) is 0 Å². The van der Waals surface area contributed by atoms with Crippen LogP contribution in [0.3, 0.4) is 0 Å². The Morgan fingerprint density at radius 1 is 1.00 bits per heavy atom. The molecule has 0 N–H and O–H groups in total. The van der Waals surface area contributed by atoms with Gasteiger partial charge in [0.25, 0.3) is 5.91 Å². The number of hydrogen-bond acceptors (Lipinski definition) is 5. The molecule has 0 saturated carbocycles. The lowest BCUT2D eigenvalue weighted by molar-refractivity contribution is 0.0746. The predicted molar refractivity (Wildman–Crippen MR) is 116 cm³/mol. The van der Waals surface area contributed by atoms with Gasteiger partial charge in [0.2, 0.25) is 0 Å². The molecular formula is C23H24FN5O. The standard InChI is InChI=1S/C23H24FN5O/c1-27(2)20-9-8-18(16-19(20)24)23(30)29-14-12-28(13-15-29)21-10-11-25-22(26-21)17-6-4-3-5-7-17/h3-11,16H,12-15H2,1-2H3. The van der Waals surface area contributed by atoms with Gasteiger partial charge < -0.3 is 14.7 Å². The molecule has 0 bridgehead atoms. The van der Waals surface area contributed by atoms with E-state index in [0.717, 1.165) is 11.4 Å². The van der Waals surface area contributed by atoms with Crippen LogP contribution in [-0.4, -0.2) is 61.0 Å². The number of halogens is 1. The van der Waals surface area contributed by atoms with Crippen molar-refractivity contribution in [3.05, 3.63) is 72.2 Å². The second-order valence-corrected chi connectivity index (χ2v) is 7.44. The molecule has 6 nitrogen and oxygen atoms in total. The van der Waals surface area contributed by atoms with Crippen LogP contribution in [0.25, 0.3) is 11.4 Å². The van der Waals surface area contributed by atoms with E-state index in [1.165, 1.54) is 6.07 Å². The minimum Gasteiger partial charge on any atom is -0.375 e. The Balaban J connectivity index is 1.43. The normalized spacial score (nSPS) is 14.0. The quantitative estimate of drug-likeness (QED) is 0.667. The Hall–Kier alpha value is -3.48. The third-order valence-corrected chi connectivity index (χ3v) is 5.24. The topological polar surface area (TPSA) is 52.6 Å². The van der Waals surface area contributed by atoms with E-state index < -0.39 is 0 Å². The third kappa shape index (κ3) is 4.10. The fraction of sp³-hybridized carbons (Fsp3) is 0.261. The Morgan fingerprint density at radius 3 is 2.40 bits per heavy atom. The van der Waals surface area contributed by atoms with Crippen LogP contribution in [-0.2, 0) is 0 Å². The molecule has 0 spiro atoms. The largest absolute Gasteiger partial charge is 0.375 e. The number of hydrogen-bond donors (Lipinski definition) is 0. The first-order valence-electron chi connectivity index (χ1n) is 9.92. The first-order valence-corrected chi connectivity index (χ1v) is 9.92. The van der Waals surface area contributed by atoms with Crippen molar-refractivity contribution in [3.63, 3.8) is 0 Å². The van der Waals surface area contributed by atoms with Crippen LogP contribution in [0.15, 0.2) is 60.8 Å². The fourth-order valence-corrected chi connectivity index (χ4v) is 3.58. The molecule has 1 fully saturated rings. The summed E-state index contributed by atoms with van der Waals surface area (Å²) in [6.45, 7) is 2.44. The van der Waals surface area contributed by atoms with Crippen molar-refractivity contribution < 1.29 is 9.18 Å². The van der Waals surface area contributed by atoms with E-state index in [9.17, 15) is 9.18 Å². The first-order chi connectivity index (χ1) is 14.5. The molecule has 3 aromatic rings. The van der Waals surface area contributed by atoms with Crippen LogP contribution in [0.5, 0.6) is 0 Å². The molecule has 4 rings (SSSR count). The van der Waals surface area contributed by atoms with Gasteiger partial charge in [0.1, 0.15) is 11.6 Å². The Labute approximate surface area is 175 Å². The Morgan fingerprint density at radius 2 is 1.73 bits per heavy atom. The molecule has 0 atom stereocenters. The number of nitrogens with zero attached hydrogens (tertiary/aromatic N) is 5. The van der Waals surface area contributed by atoms with Gasteiger partial charge in [-0.15, -0.1) is 0 Å². The zero-order chi connectivity index (χ0) is 21.1. The summed E-state index contributed by atoms with van der Waals surface area (Å²) >= 11 is 0. The van der Waals surface area contributed by atoms with E-state index >= 15 is 0 Å². The van der Waals surface area contributed by atoms with Gasteiger partial charge in [-0.2, -0.15) is 0 Å². The average molecular weight is 405 g/mol. The molecule has 1 aromatic heterocycles.